The van der Waals surface area contributed by atoms with E-state index < -0.39 is 5.97 Å². The third-order valence-electron chi connectivity index (χ3n) is 4.70. The largest absolute Gasteiger partial charge is 0.507 e. The van der Waals surface area contributed by atoms with E-state index in [0.29, 0.717) is 36.0 Å². The van der Waals surface area contributed by atoms with Gasteiger partial charge in [-0.3, -0.25) is 4.79 Å². The Labute approximate surface area is 157 Å². The molecule has 0 radical (unpaired) electrons. The summed E-state index contributed by atoms with van der Waals surface area (Å²) >= 11 is 0. The Kier molecular flexibility index (Phi) is 6.63. The van der Waals surface area contributed by atoms with E-state index in [-0.39, 0.29) is 42.7 Å². The quantitative estimate of drug-likeness (QED) is 0.409. The van der Waals surface area contributed by atoms with Crippen LogP contribution in [0.3, 0.4) is 0 Å². The number of aromatic hydroxyl groups is 2. The highest BCUT2D eigenvalue weighted by Crippen LogP contribution is 2.39. The van der Waals surface area contributed by atoms with Gasteiger partial charge in [0.05, 0.1) is 18.7 Å². The van der Waals surface area contributed by atoms with Crippen molar-refractivity contribution in [2.24, 2.45) is 0 Å². The number of carbonyl (C=O) groups is 2. The van der Waals surface area contributed by atoms with Crippen LogP contribution in [0.5, 0.6) is 11.5 Å². The van der Waals surface area contributed by atoms with Gasteiger partial charge in [-0.25, -0.2) is 4.79 Å². The van der Waals surface area contributed by atoms with Crippen molar-refractivity contribution >= 4 is 11.9 Å². The number of allylic oxidation sites excluding steroid dienone is 3. The van der Waals surface area contributed by atoms with Gasteiger partial charge in [0.25, 0.3) is 5.91 Å². The topological polar surface area (TPSA) is 118 Å². The number of aliphatic hydroxyl groups is 1. The van der Waals surface area contributed by atoms with Crippen LogP contribution in [0, 0.1) is 0 Å². The minimum absolute atomic E-state index is 0.0931. The fourth-order valence-corrected chi connectivity index (χ4v) is 3.01. The molecule has 1 aliphatic heterocycles. The fraction of sp³-hybridized carbons (Fsp3) is 0.400. The SMILES string of the molecule is C/C(=C\Cc1c(O)cc2c(c1O)CN(CCO)C2=O)CC/C=C(\C)C(=O)O. The van der Waals surface area contributed by atoms with Crippen molar-refractivity contribution in [3.05, 3.63) is 46.1 Å². The average Bonchev–Trinajstić information content (AvgIpc) is 2.91. The summed E-state index contributed by atoms with van der Waals surface area (Å²) in [5, 5.41) is 38.6. The molecule has 0 aliphatic carbocycles. The monoisotopic (exact) mass is 375 g/mol. The first kappa shape index (κ1) is 20.5. The molecule has 1 aromatic rings. The van der Waals surface area contributed by atoms with Crippen molar-refractivity contribution in [1.82, 2.24) is 4.90 Å². The molecular formula is C20H25NO6. The molecule has 1 amide bonds. The molecule has 0 aromatic heterocycles. The average molecular weight is 375 g/mol. The number of hydrogen-bond donors (Lipinski definition) is 4. The van der Waals surface area contributed by atoms with E-state index in [4.69, 9.17) is 10.2 Å². The van der Waals surface area contributed by atoms with Gasteiger partial charge in [-0.1, -0.05) is 17.7 Å². The highest BCUT2D eigenvalue weighted by atomic mass is 16.4. The number of hydrogen-bond acceptors (Lipinski definition) is 5. The summed E-state index contributed by atoms with van der Waals surface area (Å²) in [5.74, 6) is -1.49. The molecule has 0 saturated carbocycles. The smallest absolute Gasteiger partial charge is 0.330 e. The first-order valence-electron chi connectivity index (χ1n) is 8.78. The van der Waals surface area contributed by atoms with Gasteiger partial charge >= 0.3 is 5.97 Å². The number of carbonyl (C=O) groups excluding carboxylic acids is 1. The normalized spacial score (nSPS) is 14.6. The summed E-state index contributed by atoms with van der Waals surface area (Å²) in [7, 11) is 0. The van der Waals surface area contributed by atoms with E-state index in [9.17, 15) is 19.8 Å². The molecule has 0 fully saturated rings. The predicted molar refractivity (Wildman–Crippen MR) is 99.7 cm³/mol. The second-order valence-corrected chi connectivity index (χ2v) is 6.68. The lowest BCUT2D eigenvalue weighted by molar-refractivity contribution is -0.132. The lowest BCUT2D eigenvalue weighted by atomic mass is 9.99. The van der Waals surface area contributed by atoms with E-state index >= 15 is 0 Å². The first-order valence-corrected chi connectivity index (χ1v) is 8.78. The summed E-state index contributed by atoms with van der Waals surface area (Å²) in [6, 6.07) is 1.37. The van der Waals surface area contributed by atoms with Crippen molar-refractivity contribution in [3.8, 4) is 11.5 Å². The van der Waals surface area contributed by atoms with Crippen LogP contribution in [0.25, 0.3) is 0 Å². The lowest BCUT2D eigenvalue weighted by Crippen LogP contribution is -2.26. The number of carboxylic acid groups (broad SMARTS) is 1. The third-order valence-corrected chi connectivity index (χ3v) is 4.70. The molecule has 0 saturated heterocycles. The molecule has 1 aliphatic rings. The third kappa shape index (κ3) is 4.68. The Hall–Kier alpha value is -2.80. The zero-order chi connectivity index (χ0) is 20.1. The molecule has 7 heteroatoms. The number of carboxylic acids is 1. The number of rotatable bonds is 8. The fourth-order valence-electron chi connectivity index (χ4n) is 3.01. The number of phenolic OH excluding ortho intramolecular Hbond substituents is 2. The Bertz CT molecular complexity index is 809. The Morgan fingerprint density at radius 2 is 1.96 bits per heavy atom. The Morgan fingerprint density at radius 3 is 2.59 bits per heavy atom. The van der Waals surface area contributed by atoms with Gasteiger partial charge in [0, 0.05) is 23.2 Å². The van der Waals surface area contributed by atoms with Crippen molar-refractivity contribution in [1.29, 1.82) is 0 Å². The second kappa shape index (κ2) is 8.73. The van der Waals surface area contributed by atoms with Crippen molar-refractivity contribution in [2.45, 2.75) is 39.7 Å². The molecule has 1 heterocycles. The van der Waals surface area contributed by atoms with Gasteiger partial charge in [0.1, 0.15) is 11.5 Å². The minimum Gasteiger partial charge on any atom is -0.507 e. The van der Waals surface area contributed by atoms with Crippen molar-refractivity contribution in [2.75, 3.05) is 13.2 Å². The zero-order valence-electron chi connectivity index (χ0n) is 15.5. The van der Waals surface area contributed by atoms with Crippen LogP contribution in [0.2, 0.25) is 0 Å². The van der Waals surface area contributed by atoms with E-state index in [1.165, 1.54) is 11.0 Å². The number of aliphatic carboxylic acids is 1. The van der Waals surface area contributed by atoms with E-state index in [2.05, 4.69) is 0 Å². The Balaban J connectivity index is 2.12. The summed E-state index contributed by atoms with van der Waals surface area (Å²) in [5.41, 5.74) is 2.38. The zero-order valence-corrected chi connectivity index (χ0v) is 15.5. The summed E-state index contributed by atoms with van der Waals surface area (Å²) in [4.78, 5) is 24.4. The number of benzene rings is 1. The van der Waals surface area contributed by atoms with Gasteiger partial charge in [-0.2, -0.15) is 0 Å². The molecule has 7 nitrogen and oxygen atoms in total. The van der Waals surface area contributed by atoms with Crippen molar-refractivity contribution < 1.29 is 30.0 Å². The lowest BCUT2D eigenvalue weighted by Gasteiger charge is -2.13. The molecule has 0 bridgehead atoms. The maximum Gasteiger partial charge on any atom is 0.330 e. The number of β-amino-alcohol motifs (C(OH)–C–C–N with tert-alkyl or cyclic N) is 1. The number of aliphatic hydroxyl groups excluding tert-OH is 1. The van der Waals surface area contributed by atoms with Crippen LogP contribution in [0.1, 0.15) is 48.2 Å². The van der Waals surface area contributed by atoms with Gasteiger partial charge < -0.3 is 25.3 Å². The predicted octanol–water partition coefficient (Wildman–Crippen LogP) is 2.35. The standard InChI is InChI=1S/C20H25NO6/c1-12(4-3-5-13(2)20(26)27)6-7-14-17(23)10-15-16(18(14)24)11-21(8-9-22)19(15)25/h5-6,10,22-24H,3-4,7-9,11H2,1-2H3,(H,26,27)/b12-6+,13-5+. The Morgan fingerprint density at radius 1 is 1.26 bits per heavy atom. The first-order chi connectivity index (χ1) is 12.8. The van der Waals surface area contributed by atoms with E-state index in [1.807, 2.05) is 13.0 Å². The van der Waals surface area contributed by atoms with Gasteiger partial charge in [-0.15, -0.1) is 0 Å². The maximum absolute atomic E-state index is 12.2. The number of nitrogens with zero attached hydrogens (tertiary/aromatic N) is 1. The molecule has 146 valence electrons. The maximum atomic E-state index is 12.2. The van der Waals surface area contributed by atoms with Crippen molar-refractivity contribution in [3.63, 3.8) is 0 Å². The van der Waals surface area contributed by atoms with Crippen LogP contribution in [-0.4, -0.2) is 50.4 Å². The van der Waals surface area contributed by atoms with Crippen LogP contribution in [0.15, 0.2) is 29.4 Å². The summed E-state index contributed by atoms with van der Waals surface area (Å²) in [6.07, 6.45) is 5.08. The van der Waals surface area contributed by atoms with Gasteiger partial charge in [0.15, 0.2) is 0 Å². The molecule has 27 heavy (non-hydrogen) atoms. The number of amides is 1. The molecule has 0 spiro atoms. The minimum atomic E-state index is -0.936. The molecule has 1 aromatic carbocycles. The number of phenols is 2. The molecule has 4 N–H and O–H groups in total. The summed E-state index contributed by atoms with van der Waals surface area (Å²) in [6.45, 7) is 3.65. The van der Waals surface area contributed by atoms with E-state index in [1.54, 1.807) is 13.0 Å². The highest BCUT2D eigenvalue weighted by molar-refractivity contribution is 6.00. The molecule has 0 unspecified atom stereocenters. The molecular weight excluding hydrogens is 350 g/mol. The number of fused-ring (bicyclic) bond motifs is 1. The van der Waals surface area contributed by atoms with Gasteiger partial charge in [0.2, 0.25) is 0 Å². The van der Waals surface area contributed by atoms with Crippen LogP contribution < -0.4 is 0 Å². The summed E-state index contributed by atoms with van der Waals surface area (Å²) < 4.78 is 0. The molecule has 0 atom stereocenters. The molecule has 2 rings (SSSR count). The van der Waals surface area contributed by atoms with Gasteiger partial charge in [-0.05, 0) is 39.2 Å². The van der Waals surface area contributed by atoms with Crippen LogP contribution >= 0.6 is 0 Å². The van der Waals surface area contributed by atoms with Crippen LogP contribution in [-0.2, 0) is 17.8 Å². The highest BCUT2D eigenvalue weighted by Gasteiger charge is 2.31. The second-order valence-electron chi connectivity index (χ2n) is 6.68. The van der Waals surface area contributed by atoms with E-state index in [0.717, 1.165) is 5.57 Å². The van der Waals surface area contributed by atoms with Crippen LogP contribution in [0.4, 0.5) is 0 Å².